The van der Waals surface area contributed by atoms with Crippen molar-refractivity contribution >= 4 is 17.6 Å². The first-order valence-electron chi connectivity index (χ1n) is 7.94. The highest BCUT2D eigenvalue weighted by Crippen LogP contribution is 2.23. The highest BCUT2D eigenvalue weighted by atomic mass is 35.5. The average Bonchev–Trinajstić information content (AvgIpc) is 2.55. The first-order valence-corrected chi connectivity index (χ1v) is 8.32. The molecule has 0 aliphatic heterocycles. The maximum absolute atomic E-state index is 11.4. The van der Waals surface area contributed by atoms with Gasteiger partial charge in [-0.25, -0.2) is 4.79 Å². The first kappa shape index (κ1) is 18.5. The molecule has 2 aromatic rings. The quantitative estimate of drug-likeness (QED) is 0.754. The van der Waals surface area contributed by atoms with Crippen LogP contribution in [0.1, 0.15) is 18.9 Å². The number of benzene rings is 2. The van der Waals surface area contributed by atoms with E-state index in [9.17, 15) is 9.90 Å². The normalized spacial score (nSPS) is 13.3. The van der Waals surface area contributed by atoms with Gasteiger partial charge in [0.1, 0.15) is 0 Å². The van der Waals surface area contributed by atoms with Gasteiger partial charge >= 0.3 is 5.97 Å². The van der Waals surface area contributed by atoms with Crippen LogP contribution >= 0.6 is 11.6 Å². The minimum Gasteiger partial charge on any atom is -0.464 e. The van der Waals surface area contributed by atoms with Gasteiger partial charge in [0, 0.05) is 11.1 Å². The van der Waals surface area contributed by atoms with Gasteiger partial charge in [0.25, 0.3) is 0 Å². The monoisotopic (exact) mass is 347 g/mol. The molecular formula is C19H22ClNO3. The molecule has 2 aromatic carbocycles. The van der Waals surface area contributed by atoms with Gasteiger partial charge in [-0.1, -0.05) is 48.0 Å². The number of esters is 1. The van der Waals surface area contributed by atoms with Crippen LogP contribution in [0.5, 0.6) is 0 Å². The fourth-order valence-corrected chi connectivity index (χ4v) is 2.70. The summed E-state index contributed by atoms with van der Waals surface area (Å²) in [7, 11) is 0. The highest BCUT2D eigenvalue weighted by molar-refractivity contribution is 6.30. The molecule has 0 amide bonds. The number of aliphatic hydroxyl groups excluding tert-OH is 1. The second-order valence-electron chi connectivity index (χ2n) is 5.68. The minimum atomic E-state index is -1.18. The number of halogens is 1. The van der Waals surface area contributed by atoms with Crippen LogP contribution in [0.25, 0.3) is 11.1 Å². The van der Waals surface area contributed by atoms with Gasteiger partial charge in [-0.2, -0.15) is 0 Å². The molecular weight excluding hydrogens is 326 g/mol. The molecule has 0 bridgehead atoms. The number of rotatable bonds is 7. The zero-order valence-corrected chi connectivity index (χ0v) is 14.4. The molecule has 0 fully saturated rings. The van der Waals surface area contributed by atoms with Crippen molar-refractivity contribution in [3.8, 4) is 11.1 Å². The molecule has 24 heavy (non-hydrogen) atoms. The Kier molecular flexibility index (Phi) is 6.79. The van der Waals surface area contributed by atoms with E-state index in [4.69, 9.17) is 22.1 Å². The van der Waals surface area contributed by atoms with Crippen molar-refractivity contribution in [2.24, 2.45) is 5.73 Å². The van der Waals surface area contributed by atoms with E-state index in [1.54, 1.807) is 6.92 Å². The van der Waals surface area contributed by atoms with Crippen molar-refractivity contribution in [3.05, 3.63) is 59.1 Å². The van der Waals surface area contributed by atoms with Crippen LogP contribution in [0.4, 0.5) is 0 Å². The summed E-state index contributed by atoms with van der Waals surface area (Å²) >= 11 is 6.01. The SMILES string of the molecule is CCOC(=O)[C@H](O)CC(N)Cc1ccc(-c2cccc(Cl)c2)cc1. The van der Waals surface area contributed by atoms with E-state index in [0.717, 1.165) is 16.7 Å². The number of aliphatic hydroxyl groups is 1. The second-order valence-corrected chi connectivity index (χ2v) is 6.11. The molecule has 5 heteroatoms. The Balaban J connectivity index is 1.95. The van der Waals surface area contributed by atoms with Crippen LogP contribution in [-0.4, -0.2) is 29.8 Å². The predicted molar refractivity (Wildman–Crippen MR) is 95.8 cm³/mol. The Labute approximate surface area is 147 Å². The summed E-state index contributed by atoms with van der Waals surface area (Å²) in [4.78, 5) is 11.4. The third-order valence-electron chi connectivity index (χ3n) is 3.69. The third-order valence-corrected chi connectivity index (χ3v) is 3.93. The van der Waals surface area contributed by atoms with Crippen molar-refractivity contribution in [2.75, 3.05) is 6.61 Å². The Bertz CT molecular complexity index is 673. The Morgan fingerprint density at radius 1 is 1.21 bits per heavy atom. The van der Waals surface area contributed by atoms with Gasteiger partial charge < -0.3 is 15.6 Å². The molecule has 128 valence electrons. The average molecular weight is 348 g/mol. The van der Waals surface area contributed by atoms with Crippen LogP contribution in [0.3, 0.4) is 0 Å². The maximum atomic E-state index is 11.4. The van der Waals surface area contributed by atoms with Crippen molar-refractivity contribution in [1.29, 1.82) is 0 Å². The van der Waals surface area contributed by atoms with Crippen LogP contribution in [0, 0.1) is 0 Å². The van der Waals surface area contributed by atoms with E-state index >= 15 is 0 Å². The number of carbonyl (C=O) groups is 1. The minimum absolute atomic E-state index is 0.175. The lowest BCUT2D eigenvalue weighted by molar-refractivity contribution is -0.153. The summed E-state index contributed by atoms with van der Waals surface area (Å²) < 4.78 is 4.77. The summed E-state index contributed by atoms with van der Waals surface area (Å²) in [5.41, 5.74) is 9.19. The molecule has 0 saturated carbocycles. The van der Waals surface area contributed by atoms with Gasteiger partial charge in [0.2, 0.25) is 0 Å². The van der Waals surface area contributed by atoms with Crippen LogP contribution in [0.15, 0.2) is 48.5 Å². The van der Waals surface area contributed by atoms with Gasteiger partial charge in [0.15, 0.2) is 6.10 Å². The molecule has 0 aromatic heterocycles. The van der Waals surface area contributed by atoms with Crippen molar-refractivity contribution in [3.63, 3.8) is 0 Å². The molecule has 0 aliphatic carbocycles. The topological polar surface area (TPSA) is 72.5 Å². The molecule has 2 atom stereocenters. The van der Waals surface area contributed by atoms with E-state index in [2.05, 4.69) is 0 Å². The maximum Gasteiger partial charge on any atom is 0.335 e. The van der Waals surface area contributed by atoms with E-state index in [1.807, 2.05) is 48.5 Å². The van der Waals surface area contributed by atoms with Crippen molar-refractivity contribution in [2.45, 2.75) is 31.9 Å². The fourth-order valence-electron chi connectivity index (χ4n) is 2.51. The first-order chi connectivity index (χ1) is 11.5. The lowest BCUT2D eigenvalue weighted by Crippen LogP contribution is -2.33. The van der Waals surface area contributed by atoms with Crippen molar-refractivity contribution in [1.82, 2.24) is 0 Å². The molecule has 0 radical (unpaired) electrons. The molecule has 0 saturated heterocycles. The number of carbonyl (C=O) groups excluding carboxylic acids is 1. The zero-order valence-electron chi connectivity index (χ0n) is 13.6. The van der Waals surface area contributed by atoms with Crippen molar-refractivity contribution < 1.29 is 14.6 Å². The third kappa shape index (κ3) is 5.34. The van der Waals surface area contributed by atoms with Crippen LogP contribution in [-0.2, 0) is 16.0 Å². The fraction of sp³-hybridized carbons (Fsp3) is 0.316. The predicted octanol–water partition coefficient (Wildman–Crippen LogP) is 3.19. The van der Waals surface area contributed by atoms with E-state index in [0.29, 0.717) is 11.4 Å². The lowest BCUT2D eigenvalue weighted by atomic mass is 9.98. The summed E-state index contributed by atoms with van der Waals surface area (Å²) in [6.45, 7) is 1.95. The van der Waals surface area contributed by atoms with Gasteiger partial charge in [-0.05, 0) is 48.6 Å². The molecule has 0 heterocycles. The number of nitrogens with two attached hydrogens (primary N) is 1. The van der Waals surface area contributed by atoms with E-state index in [-0.39, 0.29) is 19.1 Å². The largest absolute Gasteiger partial charge is 0.464 e. The summed E-state index contributed by atoms with van der Waals surface area (Å²) in [6.07, 6.45) is -0.424. The molecule has 0 spiro atoms. The molecule has 2 rings (SSSR count). The summed E-state index contributed by atoms with van der Waals surface area (Å²) in [5.74, 6) is -0.621. The lowest BCUT2D eigenvalue weighted by Gasteiger charge is -2.15. The molecule has 3 N–H and O–H groups in total. The molecule has 0 aliphatic rings. The van der Waals surface area contributed by atoms with E-state index in [1.165, 1.54) is 0 Å². The highest BCUT2D eigenvalue weighted by Gasteiger charge is 2.19. The molecule has 4 nitrogen and oxygen atoms in total. The number of hydrogen-bond acceptors (Lipinski definition) is 4. The Hall–Kier alpha value is -1.88. The Morgan fingerprint density at radius 2 is 1.92 bits per heavy atom. The standard InChI is InChI=1S/C19H22ClNO3/c1-2-24-19(23)18(22)12-17(21)10-13-6-8-14(9-7-13)15-4-3-5-16(20)11-15/h3-9,11,17-18,22H,2,10,12,21H2,1H3/t17?,18-/m1/s1. The summed E-state index contributed by atoms with van der Waals surface area (Å²) in [6, 6.07) is 15.4. The second kappa shape index (κ2) is 8.83. The van der Waals surface area contributed by atoms with Gasteiger partial charge in [-0.15, -0.1) is 0 Å². The number of ether oxygens (including phenoxy) is 1. The van der Waals surface area contributed by atoms with E-state index < -0.39 is 12.1 Å². The van der Waals surface area contributed by atoms with Gasteiger partial charge in [-0.3, -0.25) is 0 Å². The number of hydrogen-bond donors (Lipinski definition) is 2. The zero-order chi connectivity index (χ0) is 17.5. The Morgan fingerprint density at radius 3 is 2.54 bits per heavy atom. The smallest absolute Gasteiger partial charge is 0.335 e. The summed E-state index contributed by atoms with van der Waals surface area (Å²) in [5, 5.41) is 10.4. The van der Waals surface area contributed by atoms with Crippen LogP contribution in [0.2, 0.25) is 5.02 Å². The van der Waals surface area contributed by atoms with Gasteiger partial charge in [0.05, 0.1) is 6.61 Å². The van der Waals surface area contributed by atoms with Crippen LogP contribution < -0.4 is 5.73 Å². The molecule has 1 unspecified atom stereocenters.